The molecule has 0 spiro atoms. The van der Waals surface area contributed by atoms with Crippen molar-refractivity contribution >= 4 is 18.3 Å². The first-order chi connectivity index (χ1) is 11.5. The molecule has 1 amide bonds. The van der Waals surface area contributed by atoms with Crippen molar-refractivity contribution in [2.75, 3.05) is 13.7 Å². The number of carbonyl (C=O) groups is 1. The average Bonchev–Trinajstić information content (AvgIpc) is 2.62. The van der Waals surface area contributed by atoms with Gasteiger partial charge in [-0.1, -0.05) is 36.4 Å². The quantitative estimate of drug-likeness (QED) is 0.843. The van der Waals surface area contributed by atoms with Crippen molar-refractivity contribution in [2.24, 2.45) is 5.73 Å². The number of ether oxygens (including phenoxy) is 1. The van der Waals surface area contributed by atoms with Crippen molar-refractivity contribution in [3.63, 3.8) is 0 Å². The molecule has 0 heterocycles. The van der Waals surface area contributed by atoms with Crippen LogP contribution in [-0.4, -0.2) is 30.5 Å². The SMILES string of the molecule is CCN(C(=O)[C@H](C)N)C(C)c1ccc(-c2cccc(OC)c2)cc1.Cl. The van der Waals surface area contributed by atoms with Gasteiger partial charge in [-0.2, -0.15) is 0 Å². The normalized spacial score (nSPS) is 12.7. The molecule has 5 heteroatoms. The summed E-state index contributed by atoms with van der Waals surface area (Å²) in [5.41, 5.74) is 9.07. The van der Waals surface area contributed by atoms with Gasteiger partial charge >= 0.3 is 0 Å². The zero-order valence-electron chi connectivity index (χ0n) is 15.2. The van der Waals surface area contributed by atoms with Gasteiger partial charge in [0.15, 0.2) is 0 Å². The molecule has 0 bridgehead atoms. The molecule has 0 saturated carbocycles. The fourth-order valence-corrected chi connectivity index (χ4v) is 2.82. The predicted molar refractivity (Wildman–Crippen MR) is 105 cm³/mol. The maximum absolute atomic E-state index is 12.2. The van der Waals surface area contributed by atoms with Crippen molar-refractivity contribution in [2.45, 2.75) is 32.9 Å². The van der Waals surface area contributed by atoms with Crippen LogP contribution in [0.4, 0.5) is 0 Å². The van der Waals surface area contributed by atoms with Gasteiger partial charge in [-0.25, -0.2) is 0 Å². The highest BCUT2D eigenvalue weighted by atomic mass is 35.5. The van der Waals surface area contributed by atoms with Crippen LogP contribution in [0.15, 0.2) is 48.5 Å². The summed E-state index contributed by atoms with van der Waals surface area (Å²) in [4.78, 5) is 14.0. The third kappa shape index (κ3) is 4.97. The summed E-state index contributed by atoms with van der Waals surface area (Å²) >= 11 is 0. The second-order valence-electron chi connectivity index (χ2n) is 5.94. The van der Waals surface area contributed by atoms with Gasteiger partial charge in [-0.3, -0.25) is 4.79 Å². The van der Waals surface area contributed by atoms with E-state index in [1.807, 2.05) is 36.9 Å². The van der Waals surface area contributed by atoms with E-state index in [0.29, 0.717) is 6.54 Å². The first-order valence-electron chi connectivity index (χ1n) is 8.28. The lowest BCUT2D eigenvalue weighted by Gasteiger charge is -2.30. The van der Waals surface area contributed by atoms with Crippen LogP contribution in [0.5, 0.6) is 5.75 Å². The van der Waals surface area contributed by atoms with Gasteiger partial charge in [0.05, 0.1) is 19.2 Å². The van der Waals surface area contributed by atoms with Crippen LogP contribution in [-0.2, 0) is 4.79 Å². The van der Waals surface area contributed by atoms with Crippen molar-refractivity contribution in [1.29, 1.82) is 0 Å². The number of rotatable bonds is 6. The highest BCUT2D eigenvalue weighted by molar-refractivity contribution is 5.85. The zero-order chi connectivity index (χ0) is 17.7. The van der Waals surface area contributed by atoms with E-state index >= 15 is 0 Å². The summed E-state index contributed by atoms with van der Waals surface area (Å²) in [6, 6.07) is 15.8. The van der Waals surface area contributed by atoms with E-state index in [9.17, 15) is 4.79 Å². The largest absolute Gasteiger partial charge is 0.497 e. The van der Waals surface area contributed by atoms with E-state index in [-0.39, 0.29) is 24.4 Å². The Balaban J connectivity index is 0.00000312. The lowest BCUT2D eigenvalue weighted by molar-refractivity contribution is -0.134. The van der Waals surface area contributed by atoms with E-state index in [1.165, 1.54) is 0 Å². The van der Waals surface area contributed by atoms with E-state index in [1.54, 1.807) is 14.0 Å². The van der Waals surface area contributed by atoms with Crippen molar-refractivity contribution < 1.29 is 9.53 Å². The molecule has 2 atom stereocenters. The molecule has 0 saturated heterocycles. The van der Waals surface area contributed by atoms with Crippen molar-refractivity contribution in [3.05, 3.63) is 54.1 Å². The monoisotopic (exact) mass is 362 g/mol. The zero-order valence-corrected chi connectivity index (χ0v) is 16.0. The number of carbonyl (C=O) groups excluding carboxylic acids is 1. The minimum atomic E-state index is -0.483. The molecule has 1 unspecified atom stereocenters. The number of nitrogens with zero attached hydrogens (tertiary/aromatic N) is 1. The molecule has 0 aliphatic carbocycles. The van der Waals surface area contributed by atoms with Crippen LogP contribution < -0.4 is 10.5 Å². The third-order valence-electron chi connectivity index (χ3n) is 4.28. The summed E-state index contributed by atoms with van der Waals surface area (Å²) in [7, 11) is 1.67. The Morgan fingerprint density at radius 2 is 1.76 bits per heavy atom. The van der Waals surface area contributed by atoms with Crippen LogP contribution in [0, 0.1) is 0 Å². The van der Waals surface area contributed by atoms with Gasteiger partial charge in [0, 0.05) is 6.54 Å². The van der Waals surface area contributed by atoms with E-state index < -0.39 is 6.04 Å². The van der Waals surface area contributed by atoms with Gasteiger partial charge in [0.1, 0.15) is 5.75 Å². The molecule has 25 heavy (non-hydrogen) atoms. The molecule has 136 valence electrons. The van der Waals surface area contributed by atoms with E-state index in [0.717, 1.165) is 22.4 Å². The van der Waals surface area contributed by atoms with Crippen LogP contribution in [0.2, 0.25) is 0 Å². The van der Waals surface area contributed by atoms with Gasteiger partial charge in [-0.05, 0) is 49.6 Å². The number of likely N-dealkylation sites (N-methyl/N-ethyl adjacent to an activating group) is 1. The maximum Gasteiger partial charge on any atom is 0.239 e. The molecule has 0 fully saturated rings. The molecule has 0 aromatic heterocycles. The fourth-order valence-electron chi connectivity index (χ4n) is 2.82. The Kier molecular flexibility index (Phi) is 7.94. The van der Waals surface area contributed by atoms with E-state index in [2.05, 4.69) is 30.3 Å². The van der Waals surface area contributed by atoms with Gasteiger partial charge in [0.2, 0.25) is 5.91 Å². The Hall–Kier alpha value is -2.04. The molecule has 0 radical (unpaired) electrons. The smallest absolute Gasteiger partial charge is 0.239 e. The number of hydrogen-bond donors (Lipinski definition) is 1. The Labute approximate surface area is 156 Å². The third-order valence-corrected chi connectivity index (χ3v) is 4.28. The number of methoxy groups -OCH3 is 1. The number of benzene rings is 2. The molecule has 0 aliphatic heterocycles. The average molecular weight is 363 g/mol. The Bertz CT molecular complexity index is 686. The first kappa shape index (κ1) is 21.0. The second kappa shape index (κ2) is 9.44. The van der Waals surface area contributed by atoms with Crippen LogP contribution in [0.3, 0.4) is 0 Å². The van der Waals surface area contributed by atoms with Crippen molar-refractivity contribution in [1.82, 2.24) is 4.90 Å². The Morgan fingerprint density at radius 1 is 1.12 bits per heavy atom. The molecular weight excluding hydrogens is 336 g/mol. The molecule has 2 rings (SSSR count). The van der Waals surface area contributed by atoms with Crippen molar-refractivity contribution in [3.8, 4) is 16.9 Å². The van der Waals surface area contributed by atoms with Crippen LogP contribution in [0.25, 0.3) is 11.1 Å². The van der Waals surface area contributed by atoms with Gasteiger partial charge < -0.3 is 15.4 Å². The van der Waals surface area contributed by atoms with Crippen LogP contribution in [0.1, 0.15) is 32.4 Å². The molecule has 2 N–H and O–H groups in total. The lowest BCUT2D eigenvalue weighted by Crippen LogP contribution is -2.43. The molecular formula is C20H27ClN2O2. The summed E-state index contributed by atoms with van der Waals surface area (Å²) in [5, 5.41) is 0. The van der Waals surface area contributed by atoms with Crippen LogP contribution >= 0.6 is 12.4 Å². The molecule has 2 aromatic carbocycles. The standard InChI is InChI=1S/C20H26N2O2.ClH/c1-5-22(20(23)14(2)21)15(3)16-9-11-17(12-10-16)18-7-6-8-19(13-18)24-4;/h6-15H,5,21H2,1-4H3;1H/t14-,15?;/m0./s1. The number of nitrogens with two attached hydrogens (primary N) is 1. The summed E-state index contributed by atoms with van der Waals surface area (Å²) in [6.07, 6.45) is 0. The minimum Gasteiger partial charge on any atom is -0.497 e. The molecule has 0 aliphatic rings. The number of amides is 1. The summed E-state index contributed by atoms with van der Waals surface area (Å²) in [5.74, 6) is 0.812. The lowest BCUT2D eigenvalue weighted by atomic mass is 10.00. The summed E-state index contributed by atoms with van der Waals surface area (Å²) < 4.78 is 5.28. The number of halogens is 1. The highest BCUT2D eigenvalue weighted by Gasteiger charge is 2.22. The maximum atomic E-state index is 12.2. The molecule has 4 nitrogen and oxygen atoms in total. The van der Waals surface area contributed by atoms with E-state index in [4.69, 9.17) is 10.5 Å². The second-order valence-corrected chi connectivity index (χ2v) is 5.94. The van der Waals surface area contributed by atoms with Gasteiger partial charge in [0.25, 0.3) is 0 Å². The van der Waals surface area contributed by atoms with Gasteiger partial charge in [-0.15, -0.1) is 12.4 Å². The topological polar surface area (TPSA) is 55.6 Å². The first-order valence-corrected chi connectivity index (χ1v) is 8.28. The summed E-state index contributed by atoms with van der Waals surface area (Å²) in [6.45, 7) is 6.37. The number of hydrogen-bond acceptors (Lipinski definition) is 3. The molecule has 2 aromatic rings. The Morgan fingerprint density at radius 3 is 2.28 bits per heavy atom. The highest BCUT2D eigenvalue weighted by Crippen LogP contribution is 2.27. The minimum absolute atomic E-state index is 0. The predicted octanol–water partition coefficient (Wildman–Crippen LogP) is 4.04. The fraction of sp³-hybridized carbons (Fsp3) is 0.350.